The van der Waals surface area contributed by atoms with E-state index >= 15 is 0 Å². The lowest BCUT2D eigenvalue weighted by molar-refractivity contribution is -0.117. The zero-order valence-electron chi connectivity index (χ0n) is 12.5. The van der Waals surface area contributed by atoms with E-state index in [1.165, 1.54) is 0 Å². The van der Waals surface area contributed by atoms with Gasteiger partial charge in [-0.3, -0.25) is 4.79 Å². The number of carbonyl (C=O) groups excluding carboxylic acids is 1. The molecule has 0 aromatic heterocycles. The SMILES string of the molecule is CCC(CC)NS(=O)(=O)c1ccc(N2CCCC2=O)cc1. The summed E-state index contributed by atoms with van der Waals surface area (Å²) >= 11 is 0. The van der Waals surface area contributed by atoms with E-state index < -0.39 is 10.0 Å². The molecule has 0 spiro atoms. The number of nitrogens with zero attached hydrogens (tertiary/aromatic N) is 1. The molecule has 1 saturated heterocycles. The van der Waals surface area contributed by atoms with Gasteiger partial charge in [-0.15, -0.1) is 0 Å². The zero-order valence-corrected chi connectivity index (χ0v) is 13.3. The summed E-state index contributed by atoms with van der Waals surface area (Å²) in [6, 6.07) is 6.47. The minimum Gasteiger partial charge on any atom is -0.312 e. The fraction of sp³-hybridized carbons (Fsp3) is 0.533. The predicted octanol–water partition coefficient (Wildman–Crippen LogP) is 2.28. The first-order valence-corrected chi connectivity index (χ1v) is 8.89. The maximum atomic E-state index is 12.3. The lowest BCUT2D eigenvalue weighted by Crippen LogP contribution is -2.33. The van der Waals surface area contributed by atoms with Crippen LogP contribution >= 0.6 is 0 Å². The van der Waals surface area contributed by atoms with Gasteiger partial charge < -0.3 is 4.90 Å². The molecule has 0 saturated carbocycles. The van der Waals surface area contributed by atoms with Crippen molar-refractivity contribution in [3.63, 3.8) is 0 Å². The van der Waals surface area contributed by atoms with Crippen LogP contribution in [0.15, 0.2) is 29.2 Å². The third kappa shape index (κ3) is 3.63. The molecule has 1 fully saturated rings. The summed E-state index contributed by atoms with van der Waals surface area (Å²) in [6.45, 7) is 4.62. The van der Waals surface area contributed by atoms with Gasteiger partial charge in [0.15, 0.2) is 0 Å². The van der Waals surface area contributed by atoms with E-state index in [0.717, 1.165) is 24.9 Å². The van der Waals surface area contributed by atoms with Crippen LogP contribution in [0.25, 0.3) is 0 Å². The van der Waals surface area contributed by atoms with Crippen molar-refractivity contribution in [1.29, 1.82) is 0 Å². The van der Waals surface area contributed by atoms with Gasteiger partial charge >= 0.3 is 0 Å². The summed E-state index contributed by atoms with van der Waals surface area (Å²) < 4.78 is 27.2. The maximum absolute atomic E-state index is 12.3. The topological polar surface area (TPSA) is 66.5 Å². The molecule has 0 radical (unpaired) electrons. The first-order valence-electron chi connectivity index (χ1n) is 7.40. The second-order valence-electron chi connectivity index (χ2n) is 5.28. The van der Waals surface area contributed by atoms with Gasteiger partial charge in [0.2, 0.25) is 15.9 Å². The number of hydrogen-bond acceptors (Lipinski definition) is 3. The Kier molecular flexibility index (Phi) is 5.00. The normalized spacial score (nSPS) is 16.0. The highest BCUT2D eigenvalue weighted by atomic mass is 32.2. The Morgan fingerprint density at radius 1 is 1.19 bits per heavy atom. The van der Waals surface area contributed by atoms with Gasteiger partial charge in [-0.05, 0) is 43.5 Å². The molecule has 1 aliphatic rings. The van der Waals surface area contributed by atoms with Gasteiger partial charge in [-0.1, -0.05) is 13.8 Å². The molecule has 2 rings (SSSR count). The highest BCUT2D eigenvalue weighted by Crippen LogP contribution is 2.23. The van der Waals surface area contributed by atoms with Gasteiger partial charge in [-0.2, -0.15) is 0 Å². The zero-order chi connectivity index (χ0) is 15.5. The average molecular weight is 310 g/mol. The minimum absolute atomic E-state index is 0.0464. The quantitative estimate of drug-likeness (QED) is 0.876. The third-order valence-electron chi connectivity index (χ3n) is 3.84. The van der Waals surface area contributed by atoms with E-state index in [-0.39, 0.29) is 16.8 Å². The Hall–Kier alpha value is -1.40. The number of hydrogen-bond donors (Lipinski definition) is 1. The molecule has 1 heterocycles. The van der Waals surface area contributed by atoms with Crippen LogP contribution in [0.5, 0.6) is 0 Å². The molecule has 0 aliphatic carbocycles. The first-order chi connectivity index (χ1) is 9.97. The summed E-state index contributed by atoms with van der Waals surface area (Å²) in [5.74, 6) is 0.0979. The van der Waals surface area contributed by atoms with Crippen molar-refractivity contribution in [2.45, 2.75) is 50.5 Å². The molecule has 1 aliphatic heterocycles. The predicted molar refractivity (Wildman–Crippen MR) is 82.7 cm³/mol. The molecule has 6 heteroatoms. The van der Waals surface area contributed by atoms with Gasteiger partial charge in [-0.25, -0.2) is 13.1 Å². The summed E-state index contributed by atoms with van der Waals surface area (Å²) in [4.78, 5) is 13.6. The van der Waals surface area contributed by atoms with Crippen LogP contribution in [0.3, 0.4) is 0 Å². The summed E-state index contributed by atoms with van der Waals surface area (Å²) in [7, 11) is -3.49. The average Bonchev–Trinajstić information content (AvgIpc) is 2.91. The van der Waals surface area contributed by atoms with Crippen LogP contribution in [0.2, 0.25) is 0 Å². The van der Waals surface area contributed by atoms with Crippen molar-refractivity contribution in [1.82, 2.24) is 4.72 Å². The molecule has 0 unspecified atom stereocenters. The molecule has 1 aromatic carbocycles. The Labute approximate surface area is 126 Å². The molecule has 0 atom stereocenters. The van der Waals surface area contributed by atoms with Gasteiger partial charge in [0.1, 0.15) is 0 Å². The number of carbonyl (C=O) groups is 1. The molecule has 1 aromatic rings. The van der Waals surface area contributed by atoms with E-state index in [2.05, 4.69) is 4.72 Å². The summed E-state index contributed by atoms with van der Waals surface area (Å²) in [5.41, 5.74) is 0.763. The van der Waals surface area contributed by atoms with Gasteiger partial charge in [0, 0.05) is 24.7 Å². The van der Waals surface area contributed by atoms with Crippen molar-refractivity contribution in [3.05, 3.63) is 24.3 Å². The molecule has 116 valence electrons. The number of benzene rings is 1. The van der Waals surface area contributed by atoms with Crippen molar-refractivity contribution >= 4 is 21.6 Å². The molecule has 21 heavy (non-hydrogen) atoms. The van der Waals surface area contributed by atoms with E-state index in [1.807, 2.05) is 13.8 Å². The highest BCUT2D eigenvalue weighted by Gasteiger charge is 2.23. The van der Waals surface area contributed by atoms with E-state index in [4.69, 9.17) is 0 Å². The van der Waals surface area contributed by atoms with Crippen LogP contribution in [-0.2, 0) is 14.8 Å². The summed E-state index contributed by atoms with van der Waals surface area (Å²) in [6.07, 6.45) is 2.94. The van der Waals surface area contributed by atoms with Crippen molar-refractivity contribution < 1.29 is 13.2 Å². The smallest absolute Gasteiger partial charge is 0.240 e. The number of sulfonamides is 1. The lowest BCUT2D eigenvalue weighted by Gasteiger charge is -2.17. The second kappa shape index (κ2) is 6.58. The van der Waals surface area contributed by atoms with Crippen molar-refractivity contribution in [2.24, 2.45) is 0 Å². The maximum Gasteiger partial charge on any atom is 0.240 e. The molecule has 5 nitrogen and oxygen atoms in total. The van der Waals surface area contributed by atoms with Crippen LogP contribution in [0.4, 0.5) is 5.69 Å². The standard InChI is InChI=1S/C15H22N2O3S/c1-3-12(4-2)16-21(19,20)14-9-7-13(8-10-14)17-11-5-6-15(17)18/h7-10,12,16H,3-6,11H2,1-2H3. The Morgan fingerprint density at radius 3 is 2.29 bits per heavy atom. The van der Waals surface area contributed by atoms with E-state index in [0.29, 0.717) is 13.0 Å². The fourth-order valence-electron chi connectivity index (χ4n) is 2.47. The number of anilines is 1. The van der Waals surface area contributed by atoms with Crippen molar-refractivity contribution in [2.75, 3.05) is 11.4 Å². The minimum atomic E-state index is -3.49. The van der Waals surface area contributed by atoms with Crippen molar-refractivity contribution in [3.8, 4) is 0 Å². The Morgan fingerprint density at radius 2 is 1.81 bits per heavy atom. The molecular formula is C15H22N2O3S. The summed E-state index contributed by atoms with van der Waals surface area (Å²) in [5, 5.41) is 0. The number of rotatable bonds is 6. The lowest BCUT2D eigenvalue weighted by atomic mass is 10.2. The van der Waals surface area contributed by atoms with E-state index in [9.17, 15) is 13.2 Å². The molecule has 1 N–H and O–H groups in total. The Balaban J connectivity index is 2.16. The van der Waals surface area contributed by atoms with E-state index in [1.54, 1.807) is 29.2 Å². The molecular weight excluding hydrogens is 288 g/mol. The van der Waals surface area contributed by atoms with Crippen LogP contribution in [0.1, 0.15) is 39.5 Å². The Bertz CT molecular complexity index is 592. The first kappa shape index (κ1) is 16.0. The van der Waals surface area contributed by atoms with Crippen LogP contribution in [0, 0.1) is 0 Å². The number of nitrogens with one attached hydrogen (secondary N) is 1. The highest BCUT2D eigenvalue weighted by molar-refractivity contribution is 7.89. The van der Waals surface area contributed by atoms with Gasteiger partial charge in [0.05, 0.1) is 4.90 Å². The monoisotopic (exact) mass is 310 g/mol. The number of amides is 1. The molecule has 0 bridgehead atoms. The molecule has 1 amide bonds. The second-order valence-corrected chi connectivity index (χ2v) is 6.99. The van der Waals surface area contributed by atoms with Gasteiger partial charge in [0.25, 0.3) is 0 Å². The third-order valence-corrected chi connectivity index (χ3v) is 5.38. The fourth-order valence-corrected chi connectivity index (χ4v) is 3.87. The van der Waals surface area contributed by atoms with Crippen LogP contribution in [-0.4, -0.2) is 26.9 Å². The van der Waals surface area contributed by atoms with Crippen LogP contribution < -0.4 is 9.62 Å². The largest absolute Gasteiger partial charge is 0.312 e.